The summed E-state index contributed by atoms with van der Waals surface area (Å²) in [5.41, 5.74) is 4.05. The molecule has 0 spiro atoms. The number of benzene rings is 2. The highest BCUT2D eigenvalue weighted by Crippen LogP contribution is 2.42. The maximum Gasteiger partial charge on any atom is 0.243 e. The second-order valence-electron chi connectivity index (χ2n) is 8.55. The van der Waals surface area contributed by atoms with Crippen molar-refractivity contribution in [2.45, 2.75) is 44.0 Å². The average molecular weight is 399 g/mol. The van der Waals surface area contributed by atoms with Crippen LogP contribution in [0.25, 0.3) is 0 Å². The van der Waals surface area contributed by atoms with E-state index < -0.39 is 10.0 Å². The quantitative estimate of drug-likeness (QED) is 0.781. The van der Waals surface area contributed by atoms with Crippen LogP contribution in [0.1, 0.15) is 42.1 Å². The van der Waals surface area contributed by atoms with Gasteiger partial charge < -0.3 is 4.90 Å². The van der Waals surface area contributed by atoms with Gasteiger partial charge in [0.15, 0.2) is 0 Å². The van der Waals surface area contributed by atoms with E-state index >= 15 is 0 Å². The summed E-state index contributed by atoms with van der Waals surface area (Å²) in [6.45, 7) is 8.90. The molecule has 2 aromatic rings. The summed E-state index contributed by atoms with van der Waals surface area (Å²) in [6, 6.07) is 13.0. The molecule has 4 rings (SSSR count). The first-order chi connectivity index (χ1) is 13.1. The third-order valence-corrected chi connectivity index (χ3v) is 7.92. The Morgan fingerprint density at radius 2 is 1.75 bits per heavy atom. The molecule has 5 nitrogen and oxygen atoms in total. The van der Waals surface area contributed by atoms with Crippen LogP contribution in [0.15, 0.2) is 47.4 Å². The highest BCUT2D eigenvalue weighted by molar-refractivity contribution is 7.89. The fraction of sp³-hybridized carbons (Fsp3) is 0.409. The number of nitrogens with zero attached hydrogens (tertiary/aromatic N) is 2. The highest BCUT2D eigenvalue weighted by atomic mass is 32.2. The topological polar surface area (TPSA) is 57.7 Å². The number of aryl methyl sites for hydroxylation is 2. The Balaban J connectivity index is 1.74. The zero-order valence-corrected chi connectivity index (χ0v) is 17.6. The van der Waals surface area contributed by atoms with Gasteiger partial charge in [-0.2, -0.15) is 4.31 Å². The summed E-state index contributed by atoms with van der Waals surface area (Å²) in [4.78, 5) is 15.1. The number of piperazine rings is 1. The van der Waals surface area contributed by atoms with Gasteiger partial charge in [0.25, 0.3) is 0 Å². The molecule has 0 N–H and O–H groups in total. The number of hydrogen-bond donors (Lipinski definition) is 0. The number of carbonyl (C=O) groups is 1. The maximum atomic E-state index is 13.3. The first kappa shape index (κ1) is 19.2. The molecular weight excluding hydrogens is 372 g/mol. The van der Waals surface area contributed by atoms with Crippen LogP contribution < -0.4 is 0 Å². The van der Waals surface area contributed by atoms with Crippen LogP contribution in [0.4, 0.5) is 0 Å². The number of hydrogen-bond acceptors (Lipinski definition) is 3. The lowest BCUT2D eigenvalue weighted by Gasteiger charge is -2.49. The van der Waals surface area contributed by atoms with Gasteiger partial charge in [-0.25, -0.2) is 8.42 Å². The number of amides is 1. The molecule has 0 bridgehead atoms. The second-order valence-corrected chi connectivity index (χ2v) is 10.5. The maximum absolute atomic E-state index is 13.3. The Morgan fingerprint density at radius 3 is 2.46 bits per heavy atom. The zero-order valence-electron chi connectivity index (χ0n) is 16.8. The van der Waals surface area contributed by atoms with Crippen LogP contribution in [0.3, 0.4) is 0 Å². The zero-order chi connectivity index (χ0) is 20.3. The van der Waals surface area contributed by atoms with Crippen molar-refractivity contribution in [3.05, 3.63) is 64.7 Å². The van der Waals surface area contributed by atoms with Crippen molar-refractivity contribution in [3.63, 3.8) is 0 Å². The minimum Gasteiger partial charge on any atom is -0.332 e. The summed E-state index contributed by atoms with van der Waals surface area (Å²) in [5.74, 6) is -0.133. The number of fused-ring (bicyclic) bond motifs is 3. The van der Waals surface area contributed by atoms with Gasteiger partial charge in [-0.1, -0.05) is 44.2 Å². The molecule has 0 radical (unpaired) electrons. The van der Waals surface area contributed by atoms with Gasteiger partial charge in [-0.3, -0.25) is 4.79 Å². The third kappa shape index (κ3) is 2.95. The smallest absolute Gasteiger partial charge is 0.243 e. The Hall–Kier alpha value is -2.18. The molecule has 6 heteroatoms. The molecule has 1 amide bonds. The molecule has 2 aromatic carbocycles. The standard InChI is InChI=1S/C22H26N2O3S/c1-15-9-10-17(11-16(15)2)28(26,27)23-12-20-18-7-5-6-8-19(18)22(3,4)14-24(20)21(25)13-23/h5-11,20H,12-14H2,1-4H3. The van der Waals surface area contributed by atoms with E-state index in [1.165, 1.54) is 9.87 Å². The minimum absolute atomic E-state index is 0.107. The number of carbonyl (C=O) groups excluding carboxylic acids is 1. The van der Waals surface area contributed by atoms with E-state index in [4.69, 9.17) is 0 Å². The van der Waals surface area contributed by atoms with Crippen molar-refractivity contribution >= 4 is 15.9 Å². The Morgan fingerprint density at radius 1 is 1.04 bits per heavy atom. The van der Waals surface area contributed by atoms with Crippen LogP contribution in [-0.4, -0.2) is 43.2 Å². The van der Waals surface area contributed by atoms with E-state index in [2.05, 4.69) is 19.9 Å². The molecule has 1 fully saturated rings. The molecule has 1 unspecified atom stereocenters. The van der Waals surface area contributed by atoms with Crippen LogP contribution in [0.5, 0.6) is 0 Å². The van der Waals surface area contributed by atoms with Crippen molar-refractivity contribution < 1.29 is 13.2 Å². The normalized spacial score (nSPS) is 21.9. The van der Waals surface area contributed by atoms with Crippen LogP contribution >= 0.6 is 0 Å². The van der Waals surface area contributed by atoms with E-state index in [1.807, 2.05) is 43.0 Å². The molecule has 1 saturated heterocycles. The third-order valence-electron chi connectivity index (χ3n) is 6.12. The Bertz CT molecular complexity index is 1060. The van der Waals surface area contributed by atoms with Crippen LogP contribution in [0.2, 0.25) is 0 Å². The monoisotopic (exact) mass is 398 g/mol. The lowest BCUT2D eigenvalue weighted by molar-refractivity contribution is -0.139. The van der Waals surface area contributed by atoms with Gasteiger partial charge in [-0.05, 0) is 48.2 Å². The van der Waals surface area contributed by atoms with Crippen molar-refractivity contribution in [2.75, 3.05) is 19.6 Å². The largest absolute Gasteiger partial charge is 0.332 e. The van der Waals surface area contributed by atoms with Crippen LogP contribution in [-0.2, 0) is 20.2 Å². The summed E-state index contributed by atoms with van der Waals surface area (Å²) < 4.78 is 27.9. The predicted molar refractivity (Wildman–Crippen MR) is 109 cm³/mol. The van der Waals surface area contributed by atoms with E-state index in [0.717, 1.165) is 16.7 Å². The SMILES string of the molecule is Cc1ccc(S(=O)(=O)N2CC(=O)N3CC(C)(C)c4ccccc4C3C2)cc1C. The molecule has 2 aliphatic heterocycles. The van der Waals surface area contributed by atoms with E-state index in [9.17, 15) is 13.2 Å². The van der Waals surface area contributed by atoms with Gasteiger partial charge in [0.1, 0.15) is 0 Å². The second kappa shape index (κ2) is 6.42. The molecule has 148 valence electrons. The lowest BCUT2D eigenvalue weighted by atomic mass is 9.75. The van der Waals surface area contributed by atoms with Gasteiger partial charge in [0, 0.05) is 18.5 Å². The Kier molecular flexibility index (Phi) is 4.39. The summed E-state index contributed by atoms with van der Waals surface area (Å²) in [6.07, 6.45) is 0. The van der Waals surface area contributed by atoms with Crippen molar-refractivity contribution in [1.82, 2.24) is 9.21 Å². The van der Waals surface area contributed by atoms with E-state index in [0.29, 0.717) is 6.54 Å². The lowest BCUT2D eigenvalue weighted by Crippen LogP contribution is -2.58. The predicted octanol–water partition coefficient (Wildman–Crippen LogP) is 3.17. The fourth-order valence-electron chi connectivity index (χ4n) is 4.36. The first-order valence-electron chi connectivity index (χ1n) is 9.57. The molecule has 1 atom stereocenters. The first-order valence-corrected chi connectivity index (χ1v) is 11.0. The summed E-state index contributed by atoms with van der Waals surface area (Å²) in [5, 5.41) is 0. The highest BCUT2D eigenvalue weighted by Gasteiger charge is 2.45. The van der Waals surface area contributed by atoms with Crippen molar-refractivity contribution in [1.29, 1.82) is 0 Å². The van der Waals surface area contributed by atoms with E-state index in [1.54, 1.807) is 12.1 Å². The van der Waals surface area contributed by atoms with Gasteiger partial charge in [-0.15, -0.1) is 0 Å². The van der Waals surface area contributed by atoms with E-state index in [-0.39, 0.29) is 35.3 Å². The summed E-state index contributed by atoms with van der Waals surface area (Å²) >= 11 is 0. The van der Waals surface area contributed by atoms with Crippen LogP contribution in [0, 0.1) is 13.8 Å². The Labute approximate surface area is 167 Å². The fourth-order valence-corrected chi connectivity index (χ4v) is 5.84. The molecule has 0 aliphatic carbocycles. The molecule has 2 aliphatic rings. The van der Waals surface area contributed by atoms with Gasteiger partial charge >= 0.3 is 0 Å². The summed E-state index contributed by atoms with van der Waals surface area (Å²) in [7, 11) is -3.73. The number of sulfonamides is 1. The molecule has 2 heterocycles. The molecule has 0 aromatic heterocycles. The van der Waals surface area contributed by atoms with Crippen molar-refractivity contribution in [2.24, 2.45) is 0 Å². The van der Waals surface area contributed by atoms with Gasteiger partial charge in [0.2, 0.25) is 15.9 Å². The molecule has 28 heavy (non-hydrogen) atoms. The van der Waals surface area contributed by atoms with Gasteiger partial charge in [0.05, 0.1) is 17.5 Å². The molecular formula is C22H26N2O3S. The average Bonchev–Trinajstić information content (AvgIpc) is 2.64. The number of rotatable bonds is 2. The minimum atomic E-state index is -3.73. The van der Waals surface area contributed by atoms with Crippen molar-refractivity contribution in [3.8, 4) is 0 Å². The molecule has 0 saturated carbocycles.